The molecular formula is C15H14F2N2O2. The van der Waals surface area contributed by atoms with Crippen LogP contribution in [0.25, 0.3) is 0 Å². The molecule has 0 aliphatic heterocycles. The summed E-state index contributed by atoms with van der Waals surface area (Å²) in [7, 11) is 0. The highest BCUT2D eigenvalue weighted by molar-refractivity contribution is 5.90. The summed E-state index contributed by atoms with van der Waals surface area (Å²) in [6.07, 6.45) is 0.0485. The summed E-state index contributed by atoms with van der Waals surface area (Å²) in [5.74, 6) is -1.34. The fourth-order valence-electron chi connectivity index (χ4n) is 1.72. The number of anilines is 2. The first kappa shape index (κ1) is 14.8. The number of amides is 1. The lowest BCUT2D eigenvalue weighted by atomic mass is 10.3. The second-order valence-corrected chi connectivity index (χ2v) is 4.38. The third-order valence-corrected chi connectivity index (χ3v) is 2.60. The number of carbonyl (C=O) groups excluding carboxylic acids is 1. The molecule has 21 heavy (non-hydrogen) atoms. The summed E-state index contributed by atoms with van der Waals surface area (Å²) < 4.78 is 31.3. The molecular weight excluding hydrogens is 278 g/mol. The number of nitrogens with one attached hydrogen (secondary N) is 1. The van der Waals surface area contributed by atoms with Crippen molar-refractivity contribution >= 4 is 17.3 Å². The molecule has 6 heteroatoms. The molecule has 0 saturated heterocycles. The minimum atomic E-state index is -0.749. The van der Waals surface area contributed by atoms with E-state index in [-0.39, 0.29) is 18.7 Å². The molecule has 0 atom stereocenters. The van der Waals surface area contributed by atoms with Gasteiger partial charge in [0.05, 0.1) is 13.0 Å². The van der Waals surface area contributed by atoms with E-state index in [2.05, 4.69) is 5.32 Å². The maximum Gasteiger partial charge on any atom is 0.227 e. The molecule has 0 spiro atoms. The van der Waals surface area contributed by atoms with Gasteiger partial charge in [0.25, 0.3) is 0 Å². The third-order valence-electron chi connectivity index (χ3n) is 2.60. The monoisotopic (exact) mass is 292 g/mol. The smallest absolute Gasteiger partial charge is 0.227 e. The van der Waals surface area contributed by atoms with Crippen LogP contribution < -0.4 is 15.8 Å². The summed E-state index contributed by atoms with van der Waals surface area (Å²) in [5, 5.41) is 2.40. The Labute approximate surface area is 120 Å². The molecule has 4 nitrogen and oxygen atoms in total. The molecule has 0 fully saturated rings. The van der Waals surface area contributed by atoms with Crippen molar-refractivity contribution in [2.75, 3.05) is 17.7 Å². The van der Waals surface area contributed by atoms with Gasteiger partial charge in [-0.15, -0.1) is 0 Å². The summed E-state index contributed by atoms with van der Waals surface area (Å²) in [6.45, 7) is 0.132. The summed E-state index contributed by atoms with van der Waals surface area (Å²) >= 11 is 0. The lowest BCUT2D eigenvalue weighted by Gasteiger charge is -2.08. The topological polar surface area (TPSA) is 64.3 Å². The zero-order valence-electron chi connectivity index (χ0n) is 11.1. The molecule has 3 N–H and O–H groups in total. The van der Waals surface area contributed by atoms with Gasteiger partial charge < -0.3 is 15.8 Å². The number of hydrogen-bond donors (Lipinski definition) is 2. The van der Waals surface area contributed by atoms with Gasteiger partial charge in [0.15, 0.2) is 0 Å². The Morgan fingerprint density at radius 1 is 1.14 bits per heavy atom. The normalized spacial score (nSPS) is 10.2. The summed E-state index contributed by atoms with van der Waals surface area (Å²) in [5.41, 5.74) is 6.22. The van der Waals surface area contributed by atoms with Crippen molar-refractivity contribution in [3.8, 4) is 5.75 Å². The lowest BCUT2D eigenvalue weighted by molar-refractivity contribution is -0.116. The zero-order chi connectivity index (χ0) is 15.2. The van der Waals surface area contributed by atoms with Crippen LogP contribution in [0.1, 0.15) is 6.42 Å². The van der Waals surface area contributed by atoms with Crippen LogP contribution in [0.2, 0.25) is 0 Å². The largest absolute Gasteiger partial charge is 0.493 e. The van der Waals surface area contributed by atoms with E-state index in [1.807, 2.05) is 0 Å². The second-order valence-electron chi connectivity index (χ2n) is 4.38. The molecule has 2 rings (SSSR count). The number of hydrogen-bond acceptors (Lipinski definition) is 3. The van der Waals surface area contributed by atoms with E-state index in [9.17, 15) is 13.6 Å². The van der Waals surface area contributed by atoms with Crippen molar-refractivity contribution < 1.29 is 18.3 Å². The van der Waals surface area contributed by atoms with E-state index in [1.54, 1.807) is 24.3 Å². The van der Waals surface area contributed by atoms with Crippen LogP contribution in [0.4, 0.5) is 20.2 Å². The van der Waals surface area contributed by atoms with Crippen LogP contribution in [0.15, 0.2) is 42.5 Å². The molecule has 0 bridgehead atoms. The van der Waals surface area contributed by atoms with Crippen molar-refractivity contribution in [2.24, 2.45) is 0 Å². The molecule has 0 saturated carbocycles. The van der Waals surface area contributed by atoms with Gasteiger partial charge in [0.1, 0.15) is 17.4 Å². The zero-order valence-corrected chi connectivity index (χ0v) is 11.1. The maximum absolute atomic E-state index is 13.0. The highest BCUT2D eigenvalue weighted by Crippen LogP contribution is 2.15. The average molecular weight is 292 g/mol. The Hall–Kier alpha value is -2.63. The van der Waals surface area contributed by atoms with Gasteiger partial charge >= 0.3 is 0 Å². The van der Waals surface area contributed by atoms with Crippen LogP contribution in [0.5, 0.6) is 5.75 Å². The lowest BCUT2D eigenvalue weighted by Crippen LogP contribution is -2.15. The maximum atomic E-state index is 13.0. The fourth-order valence-corrected chi connectivity index (χ4v) is 1.72. The highest BCUT2D eigenvalue weighted by Gasteiger charge is 2.06. The first-order chi connectivity index (χ1) is 10.0. The molecule has 110 valence electrons. The van der Waals surface area contributed by atoms with Crippen LogP contribution in [-0.4, -0.2) is 12.5 Å². The first-order valence-corrected chi connectivity index (χ1v) is 6.27. The first-order valence-electron chi connectivity index (χ1n) is 6.27. The third kappa shape index (κ3) is 4.76. The van der Waals surface area contributed by atoms with E-state index in [0.29, 0.717) is 11.4 Å². The van der Waals surface area contributed by atoms with Crippen molar-refractivity contribution in [1.82, 2.24) is 0 Å². The molecule has 0 heterocycles. The highest BCUT2D eigenvalue weighted by atomic mass is 19.1. The molecule has 2 aromatic rings. The van der Waals surface area contributed by atoms with E-state index in [4.69, 9.17) is 10.5 Å². The quantitative estimate of drug-likeness (QED) is 0.833. The van der Waals surface area contributed by atoms with Gasteiger partial charge in [-0.25, -0.2) is 8.78 Å². The SMILES string of the molecule is Nc1cccc(OCCC(=O)Nc2cc(F)cc(F)c2)c1. The Morgan fingerprint density at radius 3 is 2.52 bits per heavy atom. The molecule has 0 aromatic heterocycles. The average Bonchev–Trinajstić information content (AvgIpc) is 2.37. The summed E-state index contributed by atoms with van der Waals surface area (Å²) in [6, 6.07) is 9.63. The minimum absolute atomic E-state index is 0.0485. The van der Waals surface area contributed by atoms with Crippen LogP contribution in [0, 0.1) is 11.6 Å². The van der Waals surface area contributed by atoms with E-state index in [1.165, 1.54) is 0 Å². The number of nitrogens with two attached hydrogens (primary N) is 1. The second kappa shape index (κ2) is 6.69. The van der Waals surface area contributed by atoms with Crippen molar-refractivity contribution in [2.45, 2.75) is 6.42 Å². The van der Waals surface area contributed by atoms with E-state index in [0.717, 1.165) is 18.2 Å². The van der Waals surface area contributed by atoms with Crippen molar-refractivity contribution in [3.05, 3.63) is 54.1 Å². The Balaban J connectivity index is 1.82. The van der Waals surface area contributed by atoms with Crippen LogP contribution >= 0.6 is 0 Å². The Bertz CT molecular complexity index is 627. The number of benzene rings is 2. The van der Waals surface area contributed by atoms with Gasteiger partial charge in [-0.3, -0.25) is 4.79 Å². The minimum Gasteiger partial charge on any atom is -0.493 e. The Kier molecular flexibility index (Phi) is 4.71. The van der Waals surface area contributed by atoms with Gasteiger partial charge in [-0.2, -0.15) is 0 Å². The molecule has 1 amide bonds. The Morgan fingerprint density at radius 2 is 1.86 bits per heavy atom. The van der Waals surface area contributed by atoms with Crippen LogP contribution in [-0.2, 0) is 4.79 Å². The van der Waals surface area contributed by atoms with Gasteiger partial charge in [0.2, 0.25) is 5.91 Å². The van der Waals surface area contributed by atoms with E-state index >= 15 is 0 Å². The molecule has 2 aromatic carbocycles. The summed E-state index contributed by atoms with van der Waals surface area (Å²) in [4.78, 5) is 11.6. The molecule has 0 aliphatic rings. The van der Waals surface area contributed by atoms with Crippen molar-refractivity contribution in [1.29, 1.82) is 0 Å². The molecule has 0 radical (unpaired) electrons. The molecule has 0 unspecified atom stereocenters. The predicted molar refractivity (Wildman–Crippen MR) is 76.0 cm³/mol. The number of ether oxygens (including phenoxy) is 1. The van der Waals surface area contributed by atoms with Gasteiger partial charge in [-0.1, -0.05) is 6.07 Å². The number of nitrogen functional groups attached to an aromatic ring is 1. The van der Waals surface area contributed by atoms with Gasteiger partial charge in [-0.05, 0) is 24.3 Å². The van der Waals surface area contributed by atoms with Crippen molar-refractivity contribution in [3.63, 3.8) is 0 Å². The predicted octanol–water partition coefficient (Wildman–Crippen LogP) is 2.95. The molecule has 0 aliphatic carbocycles. The fraction of sp³-hybridized carbons (Fsp3) is 0.133. The van der Waals surface area contributed by atoms with Crippen LogP contribution in [0.3, 0.4) is 0 Å². The van der Waals surface area contributed by atoms with E-state index < -0.39 is 17.5 Å². The standard InChI is InChI=1S/C15H14F2N2O2/c16-10-6-11(17)8-13(7-10)19-15(20)4-5-21-14-3-1-2-12(18)9-14/h1-3,6-9H,4-5,18H2,(H,19,20). The number of rotatable bonds is 5. The number of carbonyl (C=O) groups is 1. The van der Waals surface area contributed by atoms with Gasteiger partial charge in [0, 0.05) is 23.5 Å². The number of halogens is 2.